The molecule has 0 aliphatic carbocycles. The number of hydrogen-bond donors (Lipinski definition) is 1. The Balaban J connectivity index is 3.23. The molecule has 0 atom stereocenters. The molecule has 0 aliphatic rings. The molecule has 0 bridgehead atoms. The normalized spacial score (nSPS) is 10.1. The number of aromatic hydroxyl groups is 1. The Bertz CT molecular complexity index is 354. The third-order valence-corrected chi connectivity index (χ3v) is 2.34. The van der Waals surface area contributed by atoms with Crippen LogP contribution in [-0.4, -0.2) is 16.8 Å². The minimum Gasteiger partial charge on any atom is -0.507 e. The van der Waals surface area contributed by atoms with Crippen LogP contribution in [0.5, 0.6) is 5.75 Å². The van der Waals surface area contributed by atoms with Crippen LogP contribution in [0.25, 0.3) is 0 Å². The molecule has 0 fully saturated rings. The van der Waals surface area contributed by atoms with Gasteiger partial charge in [-0.15, -0.1) is 11.6 Å². The Morgan fingerprint density at radius 2 is 2.23 bits per heavy atom. The molecule has 1 aromatic rings. The SMILES string of the molecule is O=C(CCl)c1cc(Br)c(O)cc1F. The number of alkyl halides is 1. The lowest BCUT2D eigenvalue weighted by molar-refractivity contribution is 0.101. The highest BCUT2D eigenvalue weighted by molar-refractivity contribution is 9.10. The van der Waals surface area contributed by atoms with Crippen molar-refractivity contribution in [2.45, 2.75) is 0 Å². The standard InChI is InChI=1S/C8H5BrClFO2/c9-5-1-4(8(13)3-10)6(11)2-7(5)12/h1-2,12H,3H2. The number of carbonyl (C=O) groups is 1. The van der Waals surface area contributed by atoms with Gasteiger partial charge in [0.25, 0.3) is 0 Å². The van der Waals surface area contributed by atoms with Gasteiger partial charge in [-0.25, -0.2) is 4.39 Å². The van der Waals surface area contributed by atoms with E-state index >= 15 is 0 Å². The third kappa shape index (κ3) is 2.19. The van der Waals surface area contributed by atoms with Gasteiger partial charge in [-0.1, -0.05) is 0 Å². The summed E-state index contributed by atoms with van der Waals surface area (Å²) < 4.78 is 13.3. The number of hydrogen-bond acceptors (Lipinski definition) is 2. The number of benzene rings is 1. The lowest BCUT2D eigenvalue weighted by Gasteiger charge is -2.02. The van der Waals surface area contributed by atoms with E-state index in [1.165, 1.54) is 6.07 Å². The highest BCUT2D eigenvalue weighted by Gasteiger charge is 2.13. The number of rotatable bonds is 2. The largest absolute Gasteiger partial charge is 0.507 e. The molecule has 0 aromatic heterocycles. The molecule has 0 saturated carbocycles. The maximum absolute atomic E-state index is 13.0. The molecular weight excluding hydrogens is 262 g/mol. The molecule has 5 heteroatoms. The zero-order valence-corrected chi connectivity index (χ0v) is 8.69. The Morgan fingerprint density at radius 3 is 2.77 bits per heavy atom. The van der Waals surface area contributed by atoms with Gasteiger partial charge in [0, 0.05) is 6.07 Å². The van der Waals surface area contributed by atoms with Gasteiger partial charge in [-0.2, -0.15) is 0 Å². The summed E-state index contributed by atoms with van der Waals surface area (Å²) in [6, 6.07) is 2.07. The second kappa shape index (κ2) is 4.07. The van der Waals surface area contributed by atoms with Crippen LogP contribution in [0.1, 0.15) is 10.4 Å². The van der Waals surface area contributed by atoms with Crippen molar-refractivity contribution in [2.75, 3.05) is 5.88 Å². The van der Waals surface area contributed by atoms with E-state index in [2.05, 4.69) is 15.9 Å². The van der Waals surface area contributed by atoms with E-state index in [9.17, 15) is 9.18 Å². The molecule has 0 spiro atoms. The van der Waals surface area contributed by atoms with Crippen LogP contribution in [-0.2, 0) is 0 Å². The molecule has 1 N–H and O–H groups in total. The lowest BCUT2D eigenvalue weighted by atomic mass is 10.1. The van der Waals surface area contributed by atoms with Crippen molar-refractivity contribution in [2.24, 2.45) is 0 Å². The first kappa shape index (κ1) is 10.5. The van der Waals surface area contributed by atoms with E-state index in [0.717, 1.165) is 6.07 Å². The number of phenolic OH excluding ortho intramolecular Hbond substituents is 1. The van der Waals surface area contributed by atoms with Gasteiger partial charge in [-0.05, 0) is 22.0 Å². The van der Waals surface area contributed by atoms with Gasteiger partial charge >= 0.3 is 0 Å². The summed E-state index contributed by atoms with van der Waals surface area (Å²) in [5.41, 5.74) is -0.125. The van der Waals surface area contributed by atoms with Crippen LogP contribution < -0.4 is 0 Å². The van der Waals surface area contributed by atoms with Gasteiger partial charge in [0.05, 0.1) is 15.9 Å². The number of halogens is 3. The van der Waals surface area contributed by atoms with E-state index in [0.29, 0.717) is 0 Å². The molecule has 0 amide bonds. The fraction of sp³-hybridized carbons (Fsp3) is 0.125. The first-order valence-corrected chi connectivity index (χ1v) is 4.66. The summed E-state index contributed by atoms with van der Waals surface area (Å²) in [4.78, 5) is 11.0. The monoisotopic (exact) mass is 266 g/mol. The fourth-order valence-electron chi connectivity index (χ4n) is 0.822. The molecule has 1 aromatic carbocycles. The topological polar surface area (TPSA) is 37.3 Å². The molecule has 1 rings (SSSR count). The second-order valence-corrected chi connectivity index (χ2v) is 3.46. The van der Waals surface area contributed by atoms with Crippen molar-refractivity contribution in [1.29, 1.82) is 0 Å². The number of phenols is 1. The van der Waals surface area contributed by atoms with E-state index in [1.54, 1.807) is 0 Å². The maximum atomic E-state index is 13.0. The summed E-state index contributed by atoms with van der Waals surface area (Å²) >= 11 is 8.22. The fourth-order valence-corrected chi connectivity index (χ4v) is 1.31. The highest BCUT2D eigenvalue weighted by Crippen LogP contribution is 2.27. The van der Waals surface area contributed by atoms with E-state index < -0.39 is 11.6 Å². The van der Waals surface area contributed by atoms with Gasteiger partial charge in [-0.3, -0.25) is 4.79 Å². The van der Waals surface area contributed by atoms with Crippen molar-refractivity contribution in [3.8, 4) is 5.75 Å². The summed E-state index contributed by atoms with van der Waals surface area (Å²) in [7, 11) is 0. The highest BCUT2D eigenvalue weighted by atomic mass is 79.9. The second-order valence-electron chi connectivity index (χ2n) is 2.34. The van der Waals surface area contributed by atoms with E-state index in [-0.39, 0.29) is 21.7 Å². The Kier molecular flexibility index (Phi) is 3.27. The van der Waals surface area contributed by atoms with Crippen molar-refractivity contribution in [1.82, 2.24) is 0 Å². The zero-order chi connectivity index (χ0) is 10.0. The van der Waals surface area contributed by atoms with E-state index in [1.807, 2.05) is 0 Å². The smallest absolute Gasteiger partial charge is 0.180 e. The van der Waals surface area contributed by atoms with Crippen LogP contribution in [0, 0.1) is 5.82 Å². The van der Waals surface area contributed by atoms with Crippen LogP contribution in [0.2, 0.25) is 0 Å². The molecule has 0 radical (unpaired) electrons. The molecule has 0 aliphatic heterocycles. The van der Waals surface area contributed by atoms with Crippen LogP contribution in [0.15, 0.2) is 16.6 Å². The Labute approximate surface area is 87.5 Å². The summed E-state index contributed by atoms with van der Waals surface area (Å²) in [6.07, 6.45) is 0. The Morgan fingerprint density at radius 1 is 1.62 bits per heavy atom. The van der Waals surface area contributed by atoms with Gasteiger partial charge < -0.3 is 5.11 Å². The molecule has 0 heterocycles. The molecule has 0 unspecified atom stereocenters. The summed E-state index contributed by atoms with van der Waals surface area (Å²) in [6.45, 7) is 0. The molecular formula is C8H5BrClFO2. The zero-order valence-electron chi connectivity index (χ0n) is 6.35. The summed E-state index contributed by atoms with van der Waals surface area (Å²) in [5, 5.41) is 9.05. The maximum Gasteiger partial charge on any atom is 0.180 e. The quantitative estimate of drug-likeness (QED) is 0.661. The molecule has 13 heavy (non-hydrogen) atoms. The number of Topliss-reactive ketones (excluding diaryl/α,β-unsaturated/α-hetero) is 1. The average molecular weight is 267 g/mol. The van der Waals surface area contributed by atoms with E-state index in [4.69, 9.17) is 16.7 Å². The first-order chi connectivity index (χ1) is 6.06. The van der Waals surface area contributed by atoms with Gasteiger partial charge in [0.15, 0.2) is 5.78 Å². The molecule has 70 valence electrons. The first-order valence-electron chi connectivity index (χ1n) is 3.33. The minimum atomic E-state index is -0.772. The van der Waals surface area contributed by atoms with Crippen molar-refractivity contribution < 1.29 is 14.3 Å². The van der Waals surface area contributed by atoms with Gasteiger partial charge in [0.2, 0.25) is 0 Å². The molecule has 0 saturated heterocycles. The number of carbonyl (C=O) groups excluding carboxylic acids is 1. The van der Waals surface area contributed by atoms with Crippen LogP contribution >= 0.6 is 27.5 Å². The van der Waals surface area contributed by atoms with Gasteiger partial charge in [0.1, 0.15) is 11.6 Å². The third-order valence-electron chi connectivity index (χ3n) is 1.46. The minimum absolute atomic E-state index is 0.125. The van der Waals surface area contributed by atoms with Crippen LogP contribution in [0.3, 0.4) is 0 Å². The number of ketones is 1. The average Bonchev–Trinajstić information content (AvgIpc) is 2.10. The summed E-state index contributed by atoms with van der Waals surface area (Å²) in [5.74, 6) is -1.82. The molecule has 2 nitrogen and oxygen atoms in total. The predicted octanol–water partition coefficient (Wildman–Crippen LogP) is 2.72. The van der Waals surface area contributed by atoms with Crippen LogP contribution in [0.4, 0.5) is 4.39 Å². The Hall–Kier alpha value is -0.610. The van der Waals surface area contributed by atoms with Crippen molar-refractivity contribution in [3.63, 3.8) is 0 Å². The van der Waals surface area contributed by atoms with Crippen molar-refractivity contribution in [3.05, 3.63) is 28.0 Å². The predicted molar refractivity (Wildman–Crippen MR) is 50.8 cm³/mol. The lowest BCUT2D eigenvalue weighted by Crippen LogP contribution is -2.03. The van der Waals surface area contributed by atoms with Crippen molar-refractivity contribution >= 4 is 33.3 Å².